The maximum atomic E-state index is 13.0. The fourth-order valence-electron chi connectivity index (χ4n) is 3.52. The van der Waals surface area contributed by atoms with Gasteiger partial charge in [0.25, 0.3) is 5.91 Å². The summed E-state index contributed by atoms with van der Waals surface area (Å²) < 4.78 is 2.19. The van der Waals surface area contributed by atoms with Gasteiger partial charge < -0.3 is 9.47 Å². The molecule has 2 aliphatic rings. The van der Waals surface area contributed by atoms with Crippen molar-refractivity contribution in [1.82, 2.24) is 24.6 Å². The molecule has 2 aromatic heterocycles. The quantitative estimate of drug-likeness (QED) is 0.732. The number of nitrogens with zero attached hydrogens (tertiary/aromatic N) is 5. The van der Waals surface area contributed by atoms with Gasteiger partial charge in [0.15, 0.2) is 5.82 Å². The van der Waals surface area contributed by atoms with Gasteiger partial charge in [-0.2, -0.15) is 0 Å². The molecule has 0 radical (unpaired) electrons. The van der Waals surface area contributed by atoms with Gasteiger partial charge in [0.05, 0.1) is 6.54 Å². The zero-order valence-corrected chi connectivity index (χ0v) is 14.4. The van der Waals surface area contributed by atoms with Gasteiger partial charge in [-0.1, -0.05) is 30.3 Å². The standard InChI is InChI=1S/C20H19N5O/c26-20(17-12-16(8-9-21-17)14-4-2-1-3-5-14)24-10-11-25-18(13-24)22-23-19(25)15-6-7-15/h1-5,8-9,12,15H,6-7,10-11,13H2. The first-order valence-corrected chi connectivity index (χ1v) is 9.02. The predicted molar refractivity (Wildman–Crippen MR) is 96.4 cm³/mol. The van der Waals surface area contributed by atoms with Crippen LogP contribution >= 0.6 is 0 Å². The van der Waals surface area contributed by atoms with E-state index in [0.717, 1.165) is 29.3 Å². The van der Waals surface area contributed by atoms with Crippen molar-refractivity contribution < 1.29 is 4.79 Å². The number of pyridine rings is 1. The van der Waals surface area contributed by atoms with Gasteiger partial charge in [0.1, 0.15) is 11.5 Å². The average molecular weight is 345 g/mol. The molecule has 5 rings (SSSR count). The third-order valence-corrected chi connectivity index (χ3v) is 5.10. The van der Waals surface area contributed by atoms with Gasteiger partial charge >= 0.3 is 0 Å². The number of carbonyl (C=O) groups excluding carboxylic acids is 1. The summed E-state index contributed by atoms with van der Waals surface area (Å²) in [6.07, 6.45) is 4.11. The van der Waals surface area contributed by atoms with Crippen molar-refractivity contribution in [1.29, 1.82) is 0 Å². The smallest absolute Gasteiger partial charge is 0.272 e. The maximum absolute atomic E-state index is 13.0. The monoisotopic (exact) mass is 345 g/mol. The lowest BCUT2D eigenvalue weighted by Gasteiger charge is -2.27. The lowest BCUT2D eigenvalue weighted by Crippen LogP contribution is -2.39. The molecule has 1 saturated carbocycles. The molecule has 0 atom stereocenters. The van der Waals surface area contributed by atoms with E-state index in [2.05, 4.69) is 19.7 Å². The molecule has 0 bridgehead atoms. The van der Waals surface area contributed by atoms with Crippen LogP contribution in [-0.2, 0) is 13.1 Å². The largest absolute Gasteiger partial charge is 0.328 e. The molecule has 6 nitrogen and oxygen atoms in total. The van der Waals surface area contributed by atoms with Gasteiger partial charge in [0.2, 0.25) is 0 Å². The van der Waals surface area contributed by atoms with E-state index in [-0.39, 0.29) is 5.91 Å². The summed E-state index contributed by atoms with van der Waals surface area (Å²) in [5.41, 5.74) is 2.55. The van der Waals surface area contributed by atoms with Gasteiger partial charge in [-0.05, 0) is 36.1 Å². The zero-order valence-electron chi connectivity index (χ0n) is 14.4. The van der Waals surface area contributed by atoms with Crippen molar-refractivity contribution in [3.05, 3.63) is 66.0 Å². The number of carbonyl (C=O) groups is 1. The Hall–Kier alpha value is -3.02. The minimum Gasteiger partial charge on any atom is -0.328 e. The van der Waals surface area contributed by atoms with Crippen molar-refractivity contribution in [3.63, 3.8) is 0 Å². The molecule has 0 N–H and O–H groups in total. The Morgan fingerprint density at radius 2 is 1.85 bits per heavy atom. The van der Waals surface area contributed by atoms with Crippen LogP contribution in [-0.4, -0.2) is 37.1 Å². The zero-order chi connectivity index (χ0) is 17.5. The molecule has 3 aromatic rings. The van der Waals surface area contributed by atoms with Crippen molar-refractivity contribution >= 4 is 5.91 Å². The maximum Gasteiger partial charge on any atom is 0.272 e. The van der Waals surface area contributed by atoms with Crippen LogP contribution in [0.1, 0.15) is 40.9 Å². The topological polar surface area (TPSA) is 63.9 Å². The molecule has 3 heterocycles. The highest BCUT2D eigenvalue weighted by molar-refractivity contribution is 5.93. The molecule has 6 heteroatoms. The molecule has 1 fully saturated rings. The van der Waals surface area contributed by atoms with Crippen molar-refractivity contribution in [3.8, 4) is 11.1 Å². The molecule has 1 amide bonds. The molecule has 0 saturated heterocycles. The number of rotatable bonds is 3. The van der Waals surface area contributed by atoms with Crippen LogP contribution in [0.25, 0.3) is 11.1 Å². The van der Waals surface area contributed by atoms with Gasteiger partial charge in [-0.15, -0.1) is 10.2 Å². The summed E-state index contributed by atoms with van der Waals surface area (Å²) in [4.78, 5) is 19.1. The highest BCUT2D eigenvalue weighted by atomic mass is 16.2. The van der Waals surface area contributed by atoms with Gasteiger partial charge in [-0.3, -0.25) is 9.78 Å². The van der Waals surface area contributed by atoms with Crippen molar-refractivity contribution in [2.45, 2.75) is 31.8 Å². The number of benzene rings is 1. The normalized spacial score (nSPS) is 16.4. The van der Waals surface area contributed by atoms with E-state index in [1.165, 1.54) is 12.8 Å². The summed E-state index contributed by atoms with van der Waals surface area (Å²) in [6.45, 7) is 1.93. The van der Waals surface area contributed by atoms with Crippen LogP contribution in [0.5, 0.6) is 0 Å². The van der Waals surface area contributed by atoms with Crippen molar-refractivity contribution in [2.24, 2.45) is 0 Å². The van der Waals surface area contributed by atoms with Crippen LogP contribution in [0, 0.1) is 0 Å². The second-order valence-electron chi connectivity index (χ2n) is 6.92. The summed E-state index contributed by atoms with van der Waals surface area (Å²) in [6, 6.07) is 13.8. The Balaban J connectivity index is 1.38. The Morgan fingerprint density at radius 1 is 1.00 bits per heavy atom. The van der Waals surface area contributed by atoms with E-state index in [1.54, 1.807) is 6.20 Å². The molecule has 26 heavy (non-hydrogen) atoms. The fraction of sp³-hybridized carbons (Fsp3) is 0.300. The summed E-state index contributed by atoms with van der Waals surface area (Å²) in [5, 5.41) is 8.65. The van der Waals surface area contributed by atoms with Gasteiger partial charge in [-0.25, -0.2) is 0 Å². The first-order chi connectivity index (χ1) is 12.8. The first-order valence-electron chi connectivity index (χ1n) is 9.02. The molecular weight excluding hydrogens is 326 g/mol. The summed E-state index contributed by atoms with van der Waals surface area (Å²) in [5.74, 6) is 2.50. The molecule has 130 valence electrons. The molecule has 1 aliphatic carbocycles. The minimum absolute atomic E-state index is 0.0509. The molecule has 1 aliphatic heterocycles. The predicted octanol–water partition coefficient (Wildman–Crippen LogP) is 2.87. The van der Waals surface area contributed by atoms with E-state index in [1.807, 2.05) is 47.4 Å². The summed E-state index contributed by atoms with van der Waals surface area (Å²) in [7, 11) is 0. The third kappa shape index (κ3) is 2.67. The number of hydrogen-bond acceptors (Lipinski definition) is 4. The van der Waals surface area contributed by atoms with Crippen molar-refractivity contribution in [2.75, 3.05) is 6.54 Å². The summed E-state index contributed by atoms with van der Waals surface area (Å²) >= 11 is 0. The van der Waals surface area contributed by atoms with E-state index in [0.29, 0.717) is 24.7 Å². The Kier molecular flexibility index (Phi) is 3.55. The van der Waals surface area contributed by atoms with Crippen LogP contribution in [0.4, 0.5) is 0 Å². The lowest BCUT2D eigenvalue weighted by atomic mass is 10.1. The van der Waals surface area contributed by atoms with Crippen LogP contribution < -0.4 is 0 Å². The van der Waals surface area contributed by atoms with E-state index in [4.69, 9.17) is 0 Å². The van der Waals surface area contributed by atoms with E-state index >= 15 is 0 Å². The van der Waals surface area contributed by atoms with Crippen LogP contribution in [0.15, 0.2) is 48.7 Å². The number of aromatic nitrogens is 4. The Labute approximate surface area is 151 Å². The fourth-order valence-corrected chi connectivity index (χ4v) is 3.52. The second kappa shape index (κ2) is 6.05. The lowest BCUT2D eigenvalue weighted by molar-refractivity contribution is 0.0700. The Bertz CT molecular complexity index is 961. The molecule has 0 unspecified atom stereocenters. The van der Waals surface area contributed by atoms with E-state index in [9.17, 15) is 4.79 Å². The average Bonchev–Trinajstić information content (AvgIpc) is 3.47. The number of hydrogen-bond donors (Lipinski definition) is 0. The molecule has 0 spiro atoms. The minimum atomic E-state index is -0.0509. The first kappa shape index (κ1) is 15.3. The van der Waals surface area contributed by atoms with Crippen LogP contribution in [0.2, 0.25) is 0 Å². The number of fused-ring (bicyclic) bond motifs is 1. The Morgan fingerprint density at radius 3 is 2.65 bits per heavy atom. The highest BCUT2D eigenvalue weighted by Gasteiger charge is 2.33. The molecular formula is C20H19N5O. The van der Waals surface area contributed by atoms with E-state index < -0.39 is 0 Å². The molecule has 1 aromatic carbocycles. The second-order valence-corrected chi connectivity index (χ2v) is 6.92. The van der Waals surface area contributed by atoms with Crippen LogP contribution in [0.3, 0.4) is 0 Å². The number of amides is 1. The van der Waals surface area contributed by atoms with Gasteiger partial charge in [0, 0.05) is 25.2 Å². The highest BCUT2D eigenvalue weighted by Crippen LogP contribution is 2.39. The SMILES string of the molecule is O=C(c1cc(-c2ccccc2)ccn1)N1CCn2c(nnc2C2CC2)C1. The third-order valence-electron chi connectivity index (χ3n) is 5.10.